The second kappa shape index (κ2) is 15.1. The highest BCUT2D eigenvalue weighted by Crippen LogP contribution is 2.55. The molecule has 0 N–H and O–H groups in total. The number of thioether (sulfide) groups is 1. The van der Waals surface area contributed by atoms with Gasteiger partial charge in [0.05, 0.1) is 0 Å². The molecule has 1 aromatic heterocycles. The van der Waals surface area contributed by atoms with Gasteiger partial charge in [0.25, 0.3) is 0 Å². The molecule has 0 spiro atoms. The van der Waals surface area contributed by atoms with Crippen molar-refractivity contribution >= 4 is 108 Å². The first-order valence-electron chi connectivity index (χ1n) is 24.3. The molecule has 0 amide bonds. The van der Waals surface area contributed by atoms with E-state index in [1.807, 2.05) is 11.3 Å². The number of rotatable bonds is 4. The van der Waals surface area contributed by atoms with E-state index >= 15 is 0 Å². The maximum absolute atomic E-state index is 2.46. The molecule has 0 radical (unpaired) electrons. The summed E-state index contributed by atoms with van der Waals surface area (Å²) in [6.07, 6.45) is 5.40. The monoisotopic (exact) mass is 900 g/mol. The zero-order chi connectivity index (χ0) is 44.5. The summed E-state index contributed by atoms with van der Waals surface area (Å²) in [5.41, 5.74) is 11.8. The molecule has 1 fully saturated rings. The molecule has 2 atom stereocenters. The van der Waals surface area contributed by atoms with Crippen LogP contribution in [0.4, 0.5) is 0 Å². The first-order chi connectivity index (χ1) is 33.7. The van der Waals surface area contributed by atoms with Crippen molar-refractivity contribution in [1.29, 1.82) is 0 Å². The van der Waals surface area contributed by atoms with Crippen LogP contribution in [0.2, 0.25) is 0 Å². The van der Waals surface area contributed by atoms with Crippen LogP contribution in [0.25, 0.3) is 129 Å². The van der Waals surface area contributed by atoms with Crippen LogP contribution in [0.5, 0.6) is 0 Å². The number of hydrogen-bond acceptors (Lipinski definition) is 2. The number of fused-ring (bicyclic) bond motifs is 18. The van der Waals surface area contributed by atoms with Gasteiger partial charge in [-0.1, -0.05) is 183 Å². The molecule has 1 aliphatic carbocycles. The third-order valence-corrected chi connectivity index (χ3v) is 18.4. The van der Waals surface area contributed by atoms with E-state index in [-0.39, 0.29) is 0 Å². The van der Waals surface area contributed by atoms with Crippen LogP contribution in [0.15, 0.2) is 211 Å². The van der Waals surface area contributed by atoms with Crippen molar-refractivity contribution in [3.05, 3.63) is 212 Å². The molecule has 0 bridgehead atoms. The van der Waals surface area contributed by atoms with E-state index < -0.39 is 0 Å². The molecule has 15 rings (SSSR count). The van der Waals surface area contributed by atoms with Crippen molar-refractivity contribution in [3.63, 3.8) is 0 Å². The summed E-state index contributed by atoms with van der Waals surface area (Å²) < 4.78 is 2.69. The molecule has 1 saturated carbocycles. The lowest BCUT2D eigenvalue weighted by molar-refractivity contribution is 0.461. The molecule has 13 aromatic rings. The fourth-order valence-corrected chi connectivity index (χ4v) is 15.4. The van der Waals surface area contributed by atoms with Gasteiger partial charge in [0.15, 0.2) is 0 Å². The zero-order valence-electron chi connectivity index (χ0n) is 37.4. The van der Waals surface area contributed by atoms with Gasteiger partial charge in [-0.25, -0.2) is 0 Å². The highest BCUT2D eigenvalue weighted by atomic mass is 32.2. The van der Waals surface area contributed by atoms with Crippen LogP contribution in [0.3, 0.4) is 0 Å². The lowest BCUT2D eigenvalue weighted by atomic mass is 9.83. The summed E-state index contributed by atoms with van der Waals surface area (Å²) >= 11 is 4.05. The highest BCUT2D eigenvalue weighted by Gasteiger charge is 2.36. The van der Waals surface area contributed by atoms with E-state index in [0.717, 1.165) is 5.25 Å². The Morgan fingerprint density at radius 1 is 0.309 bits per heavy atom. The molecule has 320 valence electrons. The SMILES string of the molecule is c1cc(-c2ccc3c4ccccc4c4ccc(-c5ccc6c7ccccc7c7cc(-c8cccc9c8sc8ccccc89)ccc7c6c5)cc4c3c2)cc(-c2cccc3c2SC2CCCCC32)c1. The summed E-state index contributed by atoms with van der Waals surface area (Å²) in [7, 11) is 0. The van der Waals surface area contributed by atoms with Gasteiger partial charge in [-0.3, -0.25) is 0 Å². The Bertz CT molecular complexity index is 4270. The normalized spacial score (nSPS) is 15.9. The van der Waals surface area contributed by atoms with Gasteiger partial charge in [-0.15, -0.1) is 23.1 Å². The minimum atomic E-state index is 0.710. The topological polar surface area (TPSA) is 0 Å². The number of benzene rings is 12. The fraction of sp³-hybridized carbons (Fsp3) is 0.0909. The average Bonchev–Trinajstić information content (AvgIpc) is 3.99. The van der Waals surface area contributed by atoms with E-state index in [1.54, 1.807) is 5.56 Å². The van der Waals surface area contributed by atoms with Gasteiger partial charge in [-0.2, -0.15) is 0 Å². The third-order valence-electron chi connectivity index (χ3n) is 15.6. The Kier molecular flexibility index (Phi) is 8.65. The Morgan fingerprint density at radius 3 is 1.43 bits per heavy atom. The molecular formula is C66H44S2. The molecule has 2 heterocycles. The number of hydrogen-bond donors (Lipinski definition) is 0. The third kappa shape index (κ3) is 5.87. The standard InChI is InChI=1S/C66H44S2/c1-2-15-48-47(14-1)52-31-26-40(39-12-9-13-43(34-39)45-20-10-22-57-55-18-5-7-24-63(55)67-65(45)57)36-61(52)62-37-42(28-32-53(48)62)41-27-30-51-49-16-3-4-17-50(49)60-38-44(29-33-54(60)59(51)35-41)46-21-11-23-58-56-19-6-8-25-64(56)68-66(46)58/h1-4,6,8-17,19-23,25-38,55,63H,5,7,18,24H2. The molecule has 1 aliphatic heterocycles. The van der Waals surface area contributed by atoms with Crippen molar-refractivity contribution in [2.24, 2.45) is 0 Å². The summed E-state index contributed by atoms with van der Waals surface area (Å²) in [5.74, 6) is 0.710. The fourth-order valence-electron chi connectivity index (χ4n) is 12.4. The number of thiophene rings is 1. The Balaban J connectivity index is 0.881. The first kappa shape index (κ1) is 38.8. The largest absolute Gasteiger partial charge is 0.135 e. The van der Waals surface area contributed by atoms with Gasteiger partial charge in [0.2, 0.25) is 0 Å². The van der Waals surface area contributed by atoms with E-state index in [0.29, 0.717) is 5.92 Å². The van der Waals surface area contributed by atoms with Crippen molar-refractivity contribution in [1.82, 2.24) is 0 Å². The molecule has 2 unspecified atom stereocenters. The highest BCUT2D eigenvalue weighted by molar-refractivity contribution is 8.00. The minimum absolute atomic E-state index is 0.710. The lowest BCUT2D eigenvalue weighted by Crippen LogP contribution is -2.14. The molecule has 12 aromatic carbocycles. The maximum atomic E-state index is 2.46. The van der Waals surface area contributed by atoms with Gasteiger partial charge in [0, 0.05) is 30.3 Å². The van der Waals surface area contributed by atoms with Crippen molar-refractivity contribution in [3.8, 4) is 44.5 Å². The molecule has 68 heavy (non-hydrogen) atoms. The van der Waals surface area contributed by atoms with Crippen LogP contribution in [-0.2, 0) is 0 Å². The average molecular weight is 901 g/mol. The summed E-state index contributed by atoms with van der Waals surface area (Å²) in [6, 6.07) is 78.6. The second-order valence-electron chi connectivity index (χ2n) is 19.3. The van der Waals surface area contributed by atoms with Gasteiger partial charge < -0.3 is 0 Å². The van der Waals surface area contributed by atoms with Crippen LogP contribution < -0.4 is 0 Å². The summed E-state index contributed by atoms with van der Waals surface area (Å²) in [5, 5.41) is 18.9. The van der Waals surface area contributed by atoms with Crippen LogP contribution in [0, 0.1) is 0 Å². The second-order valence-corrected chi connectivity index (χ2v) is 21.6. The van der Waals surface area contributed by atoms with Gasteiger partial charge in [0.1, 0.15) is 0 Å². The summed E-state index contributed by atoms with van der Waals surface area (Å²) in [4.78, 5) is 1.52. The van der Waals surface area contributed by atoms with E-state index in [2.05, 4.69) is 218 Å². The molecule has 2 heteroatoms. The molecule has 0 nitrogen and oxygen atoms in total. The van der Waals surface area contributed by atoms with Crippen LogP contribution in [-0.4, -0.2) is 5.25 Å². The van der Waals surface area contributed by atoms with Crippen LogP contribution >= 0.6 is 23.1 Å². The van der Waals surface area contributed by atoms with Gasteiger partial charge >= 0.3 is 0 Å². The Hall–Kier alpha value is -7.23. The smallest absolute Gasteiger partial charge is 0.0433 e. The van der Waals surface area contributed by atoms with Crippen LogP contribution in [0.1, 0.15) is 37.2 Å². The van der Waals surface area contributed by atoms with E-state index in [9.17, 15) is 0 Å². The van der Waals surface area contributed by atoms with E-state index in [1.165, 1.54) is 160 Å². The maximum Gasteiger partial charge on any atom is 0.0433 e. The van der Waals surface area contributed by atoms with Crippen molar-refractivity contribution in [2.45, 2.75) is 41.7 Å². The predicted molar refractivity (Wildman–Crippen MR) is 297 cm³/mol. The Morgan fingerprint density at radius 2 is 0.750 bits per heavy atom. The molecular weight excluding hydrogens is 857 g/mol. The quantitative estimate of drug-likeness (QED) is 0.159. The predicted octanol–water partition coefficient (Wildman–Crippen LogP) is 19.8. The summed E-state index contributed by atoms with van der Waals surface area (Å²) in [6.45, 7) is 0. The van der Waals surface area contributed by atoms with Gasteiger partial charge in [-0.05, 0) is 170 Å². The Labute approximate surface area is 403 Å². The first-order valence-corrected chi connectivity index (χ1v) is 26.0. The molecule has 2 aliphatic rings. The minimum Gasteiger partial charge on any atom is -0.135 e. The zero-order valence-corrected chi connectivity index (χ0v) is 39.1. The lowest BCUT2D eigenvalue weighted by Gasteiger charge is -2.24. The molecule has 0 saturated heterocycles. The van der Waals surface area contributed by atoms with Crippen molar-refractivity contribution < 1.29 is 0 Å². The van der Waals surface area contributed by atoms with Crippen molar-refractivity contribution in [2.75, 3.05) is 0 Å². The van der Waals surface area contributed by atoms with E-state index in [4.69, 9.17) is 0 Å².